The van der Waals surface area contributed by atoms with E-state index in [2.05, 4.69) is 24.0 Å². The van der Waals surface area contributed by atoms with Gasteiger partial charge >= 0.3 is 0 Å². The third kappa shape index (κ3) is 3.87. The largest absolute Gasteiger partial charge is 0.464 e. The van der Waals surface area contributed by atoms with Crippen molar-refractivity contribution in [2.75, 3.05) is 19.8 Å². The van der Waals surface area contributed by atoms with Gasteiger partial charge in [-0.25, -0.2) is 0 Å². The summed E-state index contributed by atoms with van der Waals surface area (Å²) in [5.41, 5.74) is 0. The van der Waals surface area contributed by atoms with Crippen molar-refractivity contribution in [2.45, 2.75) is 19.2 Å². The molecule has 0 amide bonds. The third-order valence-corrected chi connectivity index (χ3v) is 2.53. The standard InChI is InChI=1S/C10H17NOS/c1-4-13-8-10-6-5-9(12-10)7-11(2)3/h5-6H,4,7-8H2,1-3H3. The van der Waals surface area contributed by atoms with E-state index in [9.17, 15) is 0 Å². The van der Waals surface area contributed by atoms with Gasteiger partial charge in [0.05, 0.1) is 12.3 Å². The Morgan fingerprint density at radius 3 is 2.62 bits per heavy atom. The molecule has 1 aromatic rings. The molecule has 1 aromatic heterocycles. The molecule has 0 bridgehead atoms. The van der Waals surface area contributed by atoms with Gasteiger partial charge in [0, 0.05) is 0 Å². The summed E-state index contributed by atoms with van der Waals surface area (Å²) in [5.74, 6) is 4.27. The zero-order valence-electron chi connectivity index (χ0n) is 8.54. The molecule has 3 heteroatoms. The Morgan fingerprint density at radius 1 is 1.31 bits per heavy atom. The summed E-state index contributed by atoms with van der Waals surface area (Å²) < 4.78 is 5.63. The average Bonchev–Trinajstić information content (AvgIpc) is 2.48. The maximum atomic E-state index is 5.63. The Bertz CT molecular complexity index is 245. The van der Waals surface area contributed by atoms with E-state index in [4.69, 9.17) is 4.42 Å². The molecule has 0 radical (unpaired) electrons. The minimum Gasteiger partial charge on any atom is -0.464 e. The molecule has 74 valence electrons. The number of hydrogen-bond donors (Lipinski definition) is 0. The first-order valence-corrected chi connectivity index (χ1v) is 5.68. The Balaban J connectivity index is 2.44. The normalized spacial score (nSPS) is 11.1. The summed E-state index contributed by atoms with van der Waals surface area (Å²) >= 11 is 1.89. The van der Waals surface area contributed by atoms with Gasteiger partial charge in [-0.15, -0.1) is 0 Å². The Morgan fingerprint density at radius 2 is 2.00 bits per heavy atom. The van der Waals surface area contributed by atoms with Crippen molar-refractivity contribution in [3.05, 3.63) is 23.7 Å². The lowest BCUT2D eigenvalue weighted by atomic mass is 10.4. The Labute approximate surface area is 84.3 Å². The highest BCUT2D eigenvalue weighted by Crippen LogP contribution is 2.15. The molecule has 0 atom stereocenters. The van der Waals surface area contributed by atoms with Crippen molar-refractivity contribution in [1.82, 2.24) is 4.90 Å². The quantitative estimate of drug-likeness (QED) is 0.725. The molecule has 0 aliphatic rings. The van der Waals surface area contributed by atoms with Gasteiger partial charge < -0.3 is 9.32 Å². The number of thioether (sulfide) groups is 1. The van der Waals surface area contributed by atoms with Crippen molar-refractivity contribution in [3.8, 4) is 0 Å². The van der Waals surface area contributed by atoms with Gasteiger partial charge in [0.1, 0.15) is 11.5 Å². The second kappa shape index (κ2) is 5.35. The molecule has 0 N–H and O–H groups in total. The second-order valence-electron chi connectivity index (χ2n) is 3.24. The fraction of sp³-hybridized carbons (Fsp3) is 0.600. The zero-order chi connectivity index (χ0) is 9.68. The van der Waals surface area contributed by atoms with Crippen LogP contribution in [-0.2, 0) is 12.3 Å². The first-order valence-electron chi connectivity index (χ1n) is 4.52. The molecule has 1 rings (SSSR count). The van der Waals surface area contributed by atoms with E-state index >= 15 is 0 Å². The first-order chi connectivity index (χ1) is 6.22. The van der Waals surface area contributed by atoms with Gasteiger partial charge in [-0.05, 0) is 32.0 Å². The molecule has 0 saturated heterocycles. The van der Waals surface area contributed by atoms with Crippen LogP contribution in [-0.4, -0.2) is 24.7 Å². The van der Waals surface area contributed by atoms with E-state index in [1.165, 1.54) is 0 Å². The summed E-state index contributed by atoms with van der Waals surface area (Å²) in [4.78, 5) is 2.11. The number of nitrogens with zero attached hydrogens (tertiary/aromatic N) is 1. The molecule has 0 fully saturated rings. The third-order valence-electron chi connectivity index (χ3n) is 1.64. The monoisotopic (exact) mass is 199 g/mol. The minimum atomic E-state index is 0.886. The number of furan rings is 1. The highest BCUT2D eigenvalue weighted by molar-refractivity contribution is 7.98. The zero-order valence-corrected chi connectivity index (χ0v) is 9.36. The summed E-state index contributed by atoms with van der Waals surface area (Å²) in [7, 11) is 4.09. The van der Waals surface area contributed by atoms with E-state index < -0.39 is 0 Å². The van der Waals surface area contributed by atoms with E-state index in [-0.39, 0.29) is 0 Å². The second-order valence-corrected chi connectivity index (χ2v) is 4.52. The first kappa shape index (κ1) is 10.7. The Kier molecular flexibility index (Phi) is 4.39. The van der Waals surface area contributed by atoms with Gasteiger partial charge in [-0.3, -0.25) is 0 Å². The van der Waals surface area contributed by atoms with Crippen LogP contribution in [0.15, 0.2) is 16.5 Å². The average molecular weight is 199 g/mol. The van der Waals surface area contributed by atoms with Crippen LogP contribution >= 0.6 is 11.8 Å². The molecular weight excluding hydrogens is 182 g/mol. The van der Waals surface area contributed by atoms with Crippen LogP contribution in [0.5, 0.6) is 0 Å². The summed E-state index contributed by atoms with van der Waals surface area (Å²) in [6.07, 6.45) is 0. The molecule has 0 saturated carbocycles. The van der Waals surface area contributed by atoms with Crippen LogP contribution in [0.3, 0.4) is 0 Å². The summed E-state index contributed by atoms with van der Waals surface area (Å²) in [5, 5.41) is 0. The molecule has 0 spiro atoms. The predicted molar refractivity (Wildman–Crippen MR) is 57.9 cm³/mol. The van der Waals surface area contributed by atoms with Gasteiger partial charge in [0.2, 0.25) is 0 Å². The fourth-order valence-electron chi connectivity index (χ4n) is 1.10. The van der Waals surface area contributed by atoms with Gasteiger partial charge in [0.15, 0.2) is 0 Å². The molecule has 2 nitrogen and oxygen atoms in total. The van der Waals surface area contributed by atoms with E-state index in [1.807, 2.05) is 25.9 Å². The van der Waals surface area contributed by atoms with E-state index in [0.29, 0.717) is 0 Å². The van der Waals surface area contributed by atoms with E-state index in [1.54, 1.807) is 0 Å². The van der Waals surface area contributed by atoms with Crippen LogP contribution in [0.4, 0.5) is 0 Å². The fourth-order valence-corrected chi connectivity index (χ4v) is 1.66. The molecule has 0 unspecified atom stereocenters. The van der Waals surface area contributed by atoms with Gasteiger partial charge in [0.25, 0.3) is 0 Å². The van der Waals surface area contributed by atoms with Crippen molar-refractivity contribution in [3.63, 3.8) is 0 Å². The van der Waals surface area contributed by atoms with Crippen molar-refractivity contribution < 1.29 is 4.42 Å². The summed E-state index contributed by atoms with van der Waals surface area (Å²) in [6.45, 7) is 3.05. The highest BCUT2D eigenvalue weighted by atomic mass is 32.2. The van der Waals surface area contributed by atoms with Crippen LogP contribution in [0.1, 0.15) is 18.4 Å². The van der Waals surface area contributed by atoms with Crippen molar-refractivity contribution in [1.29, 1.82) is 0 Å². The number of rotatable bonds is 5. The molecule has 1 heterocycles. The van der Waals surface area contributed by atoms with E-state index in [0.717, 1.165) is 29.6 Å². The van der Waals surface area contributed by atoms with Crippen molar-refractivity contribution in [2.24, 2.45) is 0 Å². The lowest BCUT2D eigenvalue weighted by molar-refractivity contribution is 0.344. The van der Waals surface area contributed by atoms with Crippen LogP contribution in [0.25, 0.3) is 0 Å². The molecular formula is C10H17NOS. The summed E-state index contributed by atoms with van der Waals surface area (Å²) in [6, 6.07) is 4.13. The number of hydrogen-bond acceptors (Lipinski definition) is 3. The lowest BCUT2D eigenvalue weighted by Crippen LogP contribution is -2.09. The highest BCUT2D eigenvalue weighted by Gasteiger charge is 2.02. The van der Waals surface area contributed by atoms with Crippen LogP contribution in [0, 0.1) is 0 Å². The molecule has 0 aliphatic heterocycles. The minimum absolute atomic E-state index is 0.886. The van der Waals surface area contributed by atoms with Gasteiger partial charge in [-0.2, -0.15) is 11.8 Å². The van der Waals surface area contributed by atoms with Gasteiger partial charge in [-0.1, -0.05) is 6.92 Å². The topological polar surface area (TPSA) is 16.4 Å². The Hall–Kier alpha value is -0.410. The lowest BCUT2D eigenvalue weighted by Gasteiger charge is -2.05. The van der Waals surface area contributed by atoms with Crippen LogP contribution in [0.2, 0.25) is 0 Å². The predicted octanol–water partition coefficient (Wildman–Crippen LogP) is 2.59. The SMILES string of the molecule is CCSCc1ccc(CN(C)C)o1. The maximum Gasteiger partial charge on any atom is 0.118 e. The maximum absolute atomic E-state index is 5.63. The molecule has 0 aromatic carbocycles. The molecule has 13 heavy (non-hydrogen) atoms. The molecule has 0 aliphatic carbocycles. The van der Waals surface area contributed by atoms with Crippen LogP contribution < -0.4 is 0 Å². The smallest absolute Gasteiger partial charge is 0.118 e. The van der Waals surface area contributed by atoms with Crippen molar-refractivity contribution >= 4 is 11.8 Å².